The standard InChI is InChI=1S/C22H28N2O2/c1-2-24(19-12-8-11-18(23)15-19)22(25)20-13-6-7-14-21(20)26-16-17-9-4-3-5-10-17/h3-7,9-10,13-14,18-19H,2,8,11-12,15-16,23H2,1H3. The second-order valence-corrected chi connectivity index (χ2v) is 6.94. The van der Waals surface area contributed by atoms with Crippen molar-refractivity contribution in [3.8, 4) is 5.75 Å². The fourth-order valence-electron chi connectivity index (χ4n) is 3.71. The average molecular weight is 352 g/mol. The first kappa shape index (κ1) is 18.5. The van der Waals surface area contributed by atoms with Crippen molar-refractivity contribution in [2.45, 2.75) is 51.3 Å². The van der Waals surface area contributed by atoms with E-state index in [4.69, 9.17) is 10.5 Å². The van der Waals surface area contributed by atoms with E-state index in [1.807, 2.05) is 66.4 Å². The smallest absolute Gasteiger partial charge is 0.257 e. The molecule has 138 valence electrons. The van der Waals surface area contributed by atoms with Crippen molar-refractivity contribution in [3.63, 3.8) is 0 Å². The fourth-order valence-corrected chi connectivity index (χ4v) is 3.71. The van der Waals surface area contributed by atoms with Crippen LogP contribution >= 0.6 is 0 Å². The molecule has 2 aromatic rings. The van der Waals surface area contributed by atoms with E-state index < -0.39 is 0 Å². The molecular weight excluding hydrogens is 324 g/mol. The number of nitrogens with two attached hydrogens (primary N) is 1. The predicted octanol–water partition coefficient (Wildman–Crippen LogP) is 4.00. The van der Waals surface area contributed by atoms with E-state index in [-0.39, 0.29) is 18.0 Å². The van der Waals surface area contributed by atoms with Gasteiger partial charge in [0, 0.05) is 18.6 Å². The fraction of sp³-hybridized carbons (Fsp3) is 0.409. The SMILES string of the molecule is CCN(C(=O)c1ccccc1OCc1ccccc1)C1CCCC(N)C1. The van der Waals surface area contributed by atoms with Crippen LogP contribution in [0.5, 0.6) is 5.75 Å². The van der Waals surface area contributed by atoms with Crippen molar-refractivity contribution in [1.82, 2.24) is 4.90 Å². The van der Waals surface area contributed by atoms with E-state index in [2.05, 4.69) is 0 Å². The molecule has 4 nitrogen and oxygen atoms in total. The first-order valence-electron chi connectivity index (χ1n) is 9.51. The highest BCUT2D eigenvalue weighted by molar-refractivity contribution is 5.97. The maximum Gasteiger partial charge on any atom is 0.257 e. The van der Waals surface area contributed by atoms with Crippen LogP contribution in [0, 0.1) is 0 Å². The molecule has 1 saturated carbocycles. The molecule has 0 saturated heterocycles. The summed E-state index contributed by atoms with van der Waals surface area (Å²) in [6.07, 6.45) is 4.05. The molecule has 1 aliphatic rings. The van der Waals surface area contributed by atoms with Crippen molar-refractivity contribution in [2.24, 2.45) is 5.73 Å². The minimum absolute atomic E-state index is 0.0373. The van der Waals surface area contributed by atoms with Gasteiger partial charge in [0.25, 0.3) is 5.91 Å². The Morgan fingerprint density at radius 1 is 1.12 bits per heavy atom. The summed E-state index contributed by atoms with van der Waals surface area (Å²) in [4.78, 5) is 15.2. The quantitative estimate of drug-likeness (QED) is 0.855. The van der Waals surface area contributed by atoms with Crippen molar-refractivity contribution >= 4 is 5.91 Å². The van der Waals surface area contributed by atoms with Crippen LogP contribution in [-0.4, -0.2) is 29.4 Å². The zero-order valence-electron chi connectivity index (χ0n) is 15.4. The second kappa shape index (κ2) is 8.86. The van der Waals surface area contributed by atoms with Crippen LogP contribution in [0.3, 0.4) is 0 Å². The van der Waals surface area contributed by atoms with Gasteiger partial charge in [0.15, 0.2) is 0 Å². The van der Waals surface area contributed by atoms with Crippen molar-refractivity contribution in [1.29, 1.82) is 0 Å². The highest BCUT2D eigenvalue weighted by Crippen LogP contribution is 2.27. The summed E-state index contributed by atoms with van der Waals surface area (Å²) in [5, 5.41) is 0. The summed E-state index contributed by atoms with van der Waals surface area (Å²) in [5.74, 6) is 0.676. The highest BCUT2D eigenvalue weighted by atomic mass is 16.5. The molecule has 0 radical (unpaired) electrons. The summed E-state index contributed by atoms with van der Waals surface area (Å²) in [6, 6.07) is 17.9. The van der Waals surface area contributed by atoms with E-state index in [0.717, 1.165) is 31.2 Å². The Morgan fingerprint density at radius 2 is 1.85 bits per heavy atom. The lowest BCUT2D eigenvalue weighted by Crippen LogP contribution is -2.45. The number of benzene rings is 2. The van der Waals surface area contributed by atoms with Gasteiger partial charge in [-0.2, -0.15) is 0 Å². The van der Waals surface area contributed by atoms with E-state index >= 15 is 0 Å². The second-order valence-electron chi connectivity index (χ2n) is 6.94. The molecule has 2 atom stereocenters. The van der Waals surface area contributed by atoms with Crippen molar-refractivity contribution in [3.05, 3.63) is 65.7 Å². The molecule has 1 amide bonds. The zero-order chi connectivity index (χ0) is 18.4. The van der Waals surface area contributed by atoms with Gasteiger partial charge < -0.3 is 15.4 Å². The van der Waals surface area contributed by atoms with Gasteiger partial charge in [0.05, 0.1) is 5.56 Å². The predicted molar refractivity (Wildman–Crippen MR) is 104 cm³/mol. The number of amides is 1. The minimum Gasteiger partial charge on any atom is -0.488 e. The first-order valence-corrected chi connectivity index (χ1v) is 9.51. The van der Waals surface area contributed by atoms with Crippen molar-refractivity contribution < 1.29 is 9.53 Å². The molecule has 0 spiro atoms. The number of hydrogen-bond acceptors (Lipinski definition) is 3. The molecule has 2 unspecified atom stereocenters. The van der Waals surface area contributed by atoms with Crippen LogP contribution in [0.1, 0.15) is 48.5 Å². The molecular formula is C22H28N2O2. The number of carbonyl (C=O) groups excluding carboxylic acids is 1. The maximum atomic E-state index is 13.2. The molecule has 2 N–H and O–H groups in total. The normalized spacial score (nSPS) is 19.8. The largest absolute Gasteiger partial charge is 0.488 e. The highest BCUT2D eigenvalue weighted by Gasteiger charge is 2.29. The number of para-hydroxylation sites is 1. The monoisotopic (exact) mass is 352 g/mol. The topological polar surface area (TPSA) is 55.6 Å². The Bertz CT molecular complexity index is 717. The Balaban J connectivity index is 1.75. The molecule has 0 bridgehead atoms. The Kier molecular flexibility index (Phi) is 6.29. The average Bonchev–Trinajstić information content (AvgIpc) is 2.68. The van der Waals surface area contributed by atoms with E-state index in [0.29, 0.717) is 24.5 Å². The number of hydrogen-bond donors (Lipinski definition) is 1. The third-order valence-electron chi connectivity index (χ3n) is 5.08. The maximum absolute atomic E-state index is 13.2. The molecule has 1 aliphatic carbocycles. The molecule has 4 heteroatoms. The van der Waals surface area contributed by atoms with Crippen LogP contribution in [0.2, 0.25) is 0 Å². The number of ether oxygens (including phenoxy) is 1. The van der Waals surface area contributed by atoms with Gasteiger partial charge in [-0.15, -0.1) is 0 Å². The van der Waals surface area contributed by atoms with Gasteiger partial charge in [-0.3, -0.25) is 4.79 Å². The summed E-state index contributed by atoms with van der Waals surface area (Å²) >= 11 is 0. The summed E-state index contributed by atoms with van der Waals surface area (Å²) in [6.45, 7) is 3.17. The van der Waals surface area contributed by atoms with Gasteiger partial charge in [-0.25, -0.2) is 0 Å². The van der Waals surface area contributed by atoms with Gasteiger partial charge in [0.2, 0.25) is 0 Å². The lowest BCUT2D eigenvalue weighted by Gasteiger charge is -2.36. The van der Waals surface area contributed by atoms with Crippen LogP contribution < -0.4 is 10.5 Å². The third-order valence-corrected chi connectivity index (χ3v) is 5.08. The molecule has 0 aromatic heterocycles. The third kappa shape index (κ3) is 4.44. The van der Waals surface area contributed by atoms with Crippen LogP contribution in [-0.2, 0) is 6.61 Å². The Hall–Kier alpha value is -2.33. The van der Waals surface area contributed by atoms with Crippen molar-refractivity contribution in [2.75, 3.05) is 6.54 Å². The van der Waals surface area contributed by atoms with E-state index in [1.54, 1.807) is 0 Å². The molecule has 2 aromatic carbocycles. The Labute approximate surface area is 156 Å². The van der Waals surface area contributed by atoms with Crippen LogP contribution in [0.15, 0.2) is 54.6 Å². The summed E-state index contributed by atoms with van der Waals surface area (Å²) < 4.78 is 5.98. The lowest BCUT2D eigenvalue weighted by molar-refractivity contribution is 0.0633. The van der Waals surface area contributed by atoms with E-state index in [9.17, 15) is 4.79 Å². The molecule has 0 aliphatic heterocycles. The lowest BCUT2D eigenvalue weighted by atomic mass is 9.90. The minimum atomic E-state index is 0.0373. The van der Waals surface area contributed by atoms with Gasteiger partial charge in [0.1, 0.15) is 12.4 Å². The number of carbonyl (C=O) groups is 1. The van der Waals surface area contributed by atoms with Gasteiger partial charge in [-0.1, -0.05) is 42.5 Å². The van der Waals surface area contributed by atoms with Crippen LogP contribution in [0.4, 0.5) is 0 Å². The molecule has 1 fully saturated rings. The van der Waals surface area contributed by atoms with Crippen LogP contribution in [0.25, 0.3) is 0 Å². The summed E-state index contributed by atoms with van der Waals surface area (Å²) in [5.41, 5.74) is 7.85. The number of nitrogens with zero attached hydrogens (tertiary/aromatic N) is 1. The zero-order valence-corrected chi connectivity index (χ0v) is 15.4. The summed E-state index contributed by atoms with van der Waals surface area (Å²) in [7, 11) is 0. The van der Waals surface area contributed by atoms with Gasteiger partial charge in [-0.05, 0) is 50.3 Å². The molecule has 0 heterocycles. The van der Waals surface area contributed by atoms with E-state index in [1.165, 1.54) is 0 Å². The first-order chi connectivity index (χ1) is 12.7. The molecule has 3 rings (SSSR count). The number of rotatable bonds is 6. The Morgan fingerprint density at radius 3 is 2.58 bits per heavy atom. The molecule has 26 heavy (non-hydrogen) atoms. The van der Waals surface area contributed by atoms with Gasteiger partial charge >= 0.3 is 0 Å².